The van der Waals surface area contributed by atoms with E-state index >= 15 is 0 Å². The highest BCUT2D eigenvalue weighted by molar-refractivity contribution is 7.14. The molecule has 3 rings (SSSR count). The maximum Gasteiger partial charge on any atom is 0.261 e. The number of rotatable bonds is 8. The average molecular weight is 467 g/mol. The largest absolute Gasteiger partial charge is 0.496 e. The van der Waals surface area contributed by atoms with E-state index in [1.54, 1.807) is 30.6 Å². The minimum Gasteiger partial charge on any atom is -0.496 e. The molecule has 170 valence electrons. The smallest absolute Gasteiger partial charge is 0.261 e. The van der Waals surface area contributed by atoms with Gasteiger partial charge in [0.05, 0.1) is 47.0 Å². The number of thiophene rings is 1. The summed E-state index contributed by atoms with van der Waals surface area (Å²) in [7, 11) is 1.44. The normalized spacial score (nSPS) is 11.0. The lowest BCUT2D eigenvalue weighted by molar-refractivity contribution is -0.116. The van der Waals surface area contributed by atoms with Gasteiger partial charge in [-0.2, -0.15) is 5.53 Å². The molecule has 0 saturated heterocycles. The number of anilines is 1. The Kier molecular flexibility index (Phi) is 7.76. The summed E-state index contributed by atoms with van der Waals surface area (Å²) in [5.41, 5.74) is 15.0. The highest BCUT2D eigenvalue weighted by Gasteiger charge is 2.16. The lowest BCUT2D eigenvalue weighted by Gasteiger charge is -2.11. The Labute approximate surface area is 193 Å². The topological polar surface area (TPSA) is 168 Å². The van der Waals surface area contributed by atoms with E-state index in [1.807, 2.05) is 18.4 Å². The second-order valence-corrected chi connectivity index (χ2v) is 7.65. The van der Waals surface area contributed by atoms with Crippen molar-refractivity contribution in [3.63, 3.8) is 0 Å². The number of amides is 2. The summed E-state index contributed by atoms with van der Waals surface area (Å²) in [5.74, 6) is -0.592. The molecule has 0 aliphatic carbocycles. The fourth-order valence-corrected chi connectivity index (χ4v) is 3.71. The number of carbonyl (C=O) groups excluding carboxylic acids is 2. The first-order chi connectivity index (χ1) is 15.9. The molecule has 0 aliphatic rings. The van der Waals surface area contributed by atoms with Gasteiger partial charge in [-0.15, -0.1) is 11.3 Å². The van der Waals surface area contributed by atoms with Crippen molar-refractivity contribution < 1.29 is 14.3 Å². The Bertz CT molecular complexity index is 1210. The van der Waals surface area contributed by atoms with Crippen molar-refractivity contribution in [2.45, 2.75) is 19.8 Å². The second kappa shape index (κ2) is 10.9. The summed E-state index contributed by atoms with van der Waals surface area (Å²) in [6.45, 7) is 1.95. The Hall–Kier alpha value is -4.19. The van der Waals surface area contributed by atoms with E-state index in [0.29, 0.717) is 29.1 Å². The van der Waals surface area contributed by atoms with E-state index in [9.17, 15) is 9.59 Å². The van der Waals surface area contributed by atoms with Crippen LogP contribution < -0.4 is 21.1 Å². The average Bonchev–Trinajstić information content (AvgIpc) is 3.27. The zero-order valence-corrected chi connectivity index (χ0v) is 18.8. The van der Waals surface area contributed by atoms with Crippen LogP contribution in [0.5, 0.6) is 5.75 Å². The van der Waals surface area contributed by atoms with Crippen LogP contribution in [0.15, 0.2) is 52.4 Å². The SMILES string of the molecule is CCCC(=O)Nc1csc(-c2cncc(-c3ccc(C(=O)N/C(N)=N/N=N)c(OC)c3)n2)c1. The molecule has 2 aromatic heterocycles. The number of guanidine groups is 1. The predicted octanol–water partition coefficient (Wildman–Crippen LogP) is 3.61. The van der Waals surface area contributed by atoms with Gasteiger partial charge in [0.15, 0.2) is 0 Å². The number of benzene rings is 1. The maximum atomic E-state index is 12.4. The van der Waals surface area contributed by atoms with Crippen LogP contribution in [0.25, 0.3) is 21.8 Å². The highest BCUT2D eigenvalue weighted by atomic mass is 32.1. The molecule has 0 unspecified atom stereocenters. The number of aromatic nitrogens is 2. The van der Waals surface area contributed by atoms with Gasteiger partial charge in [0, 0.05) is 17.4 Å². The van der Waals surface area contributed by atoms with E-state index < -0.39 is 5.91 Å². The van der Waals surface area contributed by atoms with Crippen LogP contribution in [0.4, 0.5) is 5.69 Å². The summed E-state index contributed by atoms with van der Waals surface area (Å²) >= 11 is 1.45. The minimum absolute atomic E-state index is 0.0278. The number of nitrogens with zero attached hydrogens (tertiary/aromatic N) is 4. The lowest BCUT2D eigenvalue weighted by atomic mass is 10.1. The first kappa shape index (κ1) is 23.5. The molecule has 2 heterocycles. The Balaban J connectivity index is 1.85. The molecule has 3 aromatic rings. The van der Waals surface area contributed by atoms with Crippen LogP contribution in [0.2, 0.25) is 0 Å². The van der Waals surface area contributed by atoms with E-state index in [2.05, 4.69) is 30.9 Å². The highest BCUT2D eigenvalue weighted by Crippen LogP contribution is 2.31. The summed E-state index contributed by atoms with van der Waals surface area (Å²) in [5, 5.41) is 13.1. The number of hydrogen-bond acceptors (Lipinski definition) is 8. The van der Waals surface area contributed by atoms with Crippen molar-refractivity contribution in [3.8, 4) is 27.6 Å². The Morgan fingerprint density at radius 2 is 2.03 bits per heavy atom. The number of hydrogen-bond donors (Lipinski definition) is 4. The Morgan fingerprint density at radius 1 is 1.24 bits per heavy atom. The molecule has 2 amide bonds. The molecule has 12 heteroatoms. The fourth-order valence-electron chi connectivity index (χ4n) is 2.91. The van der Waals surface area contributed by atoms with Crippen molar-refractivity contribution >= 4 is 34.8 Å². The van der Waals surface area contributed by atoms with Gasteiger partial charge in [-0.25, -0.2) is 4.98 Å². The van der Waals surface area contributed by atoms with E-state index in [1.165, 1.54) is 18.4 Å². The van der Waals surface area contributed by atoms with Gasteiger partial charge >= 0.3 is 0 Å². The quantitative estimate of drug-likeness (QED) is 0.171. The molecular formula is C21H22N8O3S. The van der Waals surface area contributed by atoms with Gasteiger partial charge in [-0.05, 0) is 29.8 Å². The summed E-state index contributed by atoms with van der Waals surface area (Å²) < 4.78 is 5.36. The van der Waals surface area contributed by atoms with Crippen LogP contribution in [0, 0.1) is 5.53 Å². The van der Waals surface area contributed by atoms with Crippen LogP contribution in [0.3, 0.4) is 0 Å². The molecular weight excluding hydrogens is 444 g/mol. The standard InChI is InChI=1S/C21H22N8O3S/c1-3-4-19(30)25-13-8-18(33-11-13)16-10-24-9-15(26-16)12-5-6-14(17(7-12)32-2)20(31)27-21(22)28-29-23/h5-11H,3-4H2,1-2H3,(H,25,30)(H4,22,23,27,28,31). The van der Waals surface area contributed by atoms with Crippen LogP contribution in [-0.2, 0) is 4.79 Å². The van der Waals surface area contributed by atoms with Gasteiger partial charge in [-0.3, -0.25) is 19.9 Å². The number of methoxy groups -OCH3 is 1. The molecule has 0 saturated carbocycles. The number of carbonyl (C=O) groups is 2. The maximum absolute atomic E-state index is 12.4. The second-order valence-electron chi connectivity index (χ2n) is 6.74. The first-order valence-electron chi connectivity index (χ1n) is 9.85. The molecule has 33 heavy (non-hydrogen) atoms. The van der Waals surface area contributed by atoms with Crippen LogP contribution in [-0.4, -0.2) is 34.9 Å². The number of nitrogens with two attached hydrogens (primary N) is 1. The van der Waals surface area contributed by atoms with Crippen molar-refractivity contribution in [2.75, 3.05) is 12.4 Å². The third kappa shape index (κ3) is 5.95. The van der Waals surface area contributed by atoms with E-state index in [4.69, 9.17) is 16.0 Å². The van der Waals surface area contributed by atoms with Crippen molar-refractivity contribution in [1.29, 1.82) is 5.53 Å². The van der Waals surface area contributed by atoms with Gasteiger partial charge in [0.1, 0.15) is 5.75 Å². The van der Waals surface area contributed by atoms with Crippen molar-refractivity contribution in [1.82, 2.24) is 15.3 Å². The molecule has 5 N–H and O–H groups in total. The van der Waals surface area contributed by atoms with Gasteiger partial charge in [-0.1, -0.05) is 18.1 Å². The lowest BCUT2D eigenvalue weighted by Crippen LogP contribution is -2.36. The summed E-state index contributed by atoms with van der Waals surface area (Å²) in [6.07, 6.45) is 4.50. The third-order valence-electron chi connectivity index (χ3n) is 4.39. The zero-order chi connectivity index (χ0) is 23.8. The van der Waals surface area contributed by atoms with E-state index in [0.717, 1.165) is 17.0 Å². The molecule has 11 nitrogen and oxygen atoms in total. The molecule has 0 bridgehead atoms. The number of ether oxygens (including phenoxy) is 1. The monoisotopic (exact) mass is 466 g/mol. The van der Waals surface area contributed by atoms with Crippen molar-refractivity contribution in [2.24, 2.45) is 16.1 Å². The van der Waals surface area contributed by atoms with E-state index in [-0.39, 0.29) is 17.4 Å². The molecule has 0 aliphatic heterocycles. The Morgan fingerprint density at radius 3 is 2.76 bits per heavy atom. The molecule has 1 aromatic carbocycles. The molecule has 0 fully saturated rings. The van der Waals surface area contributed by atoms with Gasteiger partial charge < -0.3 is 15.8 Å². The zero-order valence-electron chi connectivity index (χ0n) is 18.0. The van der Waals surface area contributed by atoms with Gasteiger partial charge in [0.25, 0.3) is 5.91 Å². The molecule has 0 spiro atoms. The number of nitrogens with one attached hydrogen (secondary N) is 3. The van der Waals surface area contributed by atoms with Gasteiger partial charge in [0.2, 0.25) is 11.9 Å². The summed E-state index contributed by atoms with van der Waals surface area (Å²) in [4.78, 5) is 34.0. The summed E-state index contributed by atoms with van der Waals surface area (Å²) in [6, 6.07) is 6.79. The van der Waals surface area contributed by atoms with Crippen LogP contribution >= 0.6 is 11.3 Å². The van der Waals surface area contributed by atoms with Crippen molar-refractivity contribution in [3.05, 3.63) is 47.6 Å². The first-order valence-corrected chi connectivity index (χ1v) is 10.7. The molecule has 0 atom stereocenters. The predicted molar refractivity (Wildman–Crippen MR) is 125 cm³/mol. The molecule has 0 radical (unpaired) electrons. The minimum atomic E-state index is -0.556. The van der Waals surface area contributed by atoms with Crippen LogP contribution in [0.1, 0.15) is 30.1 Å². The fraction of sp³-hybridized carbons (Fsp3) is 0.190. The third-order valence-corrected chi connectivity index (χ3v) is 5.34.